The van der Waals surface area contributed by atoms with Crippen molar-refractivity contribution in [1.82, 2.24) is 94.5 Å². The molecule has 47 heteroatoms. The largest absolute Gasteiger partial charge is 0.481 e. The maximum atomic E-state index is 15.4. The number of benzene rings is 4. The van der Waals surface area contributed by atoms with E-state index < -0.39 is 242 Å². The molecular formula is C97H139ClN24O22. The average Bonchev–Trinajstić information content (AvgIpc) is 1.43. The number of guanidine groups is 2. The minimum atomic E-state index is -2.12. The zero-order chi connectivity index (χ0) is 105. The number of carboxylic acids is 3. The first-order chi connectivity index (χ1) is 68.8. The van der Waals surface area contributed by atoms with Gasteiger partial charge in [0.2, 0.25) is 82.7 Å². The zero-order valence-corrected chi connectivity index (χ0v) is 81.7. The monoisotopic (exact) mass is 2030 g/mol. The Hall–Kier alpha value is -13.7. The number of carbonyl (C=O) groups excluding carboxylic acids is 14. The molecule has 1 aliphatic carbocycles. The van der Waals surface area contributed by atoms with E-state index in [1.807, 2.05) is 0 Å². The number of H-pyrrole nitrogens is 1. The van der Waals surface area contributed by atoms with Gasteiger partial charge in [-0.15, -0.1) is 0 Å². The van der Waals surface area contributed by atoms with Crippen LogP contribution in [0.3, 0.4) is 0 Å². The molecule has 1 aromatic heterocycles. The molecule has 5 aromatic rings. The Morgan fingerprint density at radius 2 is 0.965 bits per heavy atom. The molecule has 0 bridgehead atoms. The molecule has 3 aliphatic heterocycles. The summed E-state index contributed by atoms with van der Waals surface area (Å²) in [6.07, 6.45) is 1.05. The number of hydrogen-bond donors (Lipinski definition) is 27. The van der Waals surface area contributed by atoms with E-state index in [9.17, 15) is 83.1 Å². The van der Waals surface area contributed by atoms with Crippen molar-refractivity contribution in [3.05, 3.63) is 119 Å². The Balaban J connectivity index is 0.914. The van der Waals surface area contributed by atoms with E-state index in [1.54, 1.807) is 111 Å². The molecule has 4 fully saturated rings. The number of aromatic nitrogens is 1. The number of nitrogens with one attached hydrogen (secondary N) is 18. The highest BCUT2D eigenvalue weighted by Crippen LogP contribution is 2.33. The number of rotatable bonds is 59. The number of hydrogen-bond acceptors (Lipinski definition) is 24. The number of halogens is 1. The summed E-state index contributed by atoms with van der Waals surface area (Å²) in [5.41, 5.74) is 25.3. The second-order valence-electron chi connectivity index (χ2n) is 37.5. The number of amides is 14. The molecule has 786 valence electrons. The van der Waals surface area contributed by atoms with Gasteiger partial charge in [0.25, 0.3) is 0 Å². The van der Waals surface area contributed by atoms with E-state index in [1.165, 1.54) is 0 Å². The second-order valence-corrected chi connectivity index (χ2v) is 37.9. The second kappa shape index (κ2) is 57.0. The smallest absolute Gasteiger partial charge is 0.326 e. The highest BCUT2D eigenvalue weighted by molar-refractivity contribution is 6.31. The first kappa shape index (κ1) is 114. The number of likely N-dealkylation sites (tertiary alicyclic amines) is 2. The fraction of sp³-hybridized carbons (Fsp3) is 0.557. The van der Waals surface area contributed by atoms with Crippen LogP contribution in [0.25, 0.3) is 21.7 Å². The predicted molar refractivity (Wildman–Crippen MR) is 529 cm³/mol. The van der Waals surface area contributed by atoms with Crippen LogP contribution in [0, 0.1) is 22.7 Å². The van der Waals surface area contributed by atoms with Gasteiger partial charge in [-0.05, 0) is 180 Å². The highest BCUT2D eigenvalue weighted by Gasteiger charge is 2.47. The van der Waals surface area contributed by atoms with Gasteiger partial charge in [0.1, 0.15) is 84.6 Å². The Kier molecular flexibility index (Phi) is 45.1. The molecular weight excluding hydrogens is 1890 g/mol. The molecule has 31 N–H and O–H groups in total. The minimum absolute atomic E-state index is 0.000730. The number of carboxylic acid groups (broad SMARTS) is 3. The van der Waals surface area contributed by atoms with Crippen LogP contribution < -0.4 is 103 Å². The molecule has 1 saturated carbocycles. The van der Waals surface area contributed by atoms with Crippen molar-refractivity contribution < 1.29 is 107 Å². The van der Waals surface area contributed by atoms with Crippen molar-refractivity contribution in [2.45, 2.75) is 278 Å². The number of nitrogens with zero attached hydrogens (tertiary/aromatic N) is 2. The van der Waals surface area contributed by atoms with Gasteiger partial charge >= 0.3 is 17.9 Å². The van der Waals surface area contributed by atoms with Crippen LogP contribution >= 0.6 is 11.6 Å². The molecule has 0 radical (unpaired) electrons. The number of nitrogens with two attached hydrogens (primary N) is 4. The summed E-state index contributed by atoms with van der Waals surface area (Å²) in [6, 6.07) is 2.85. The Morgan fingerprint density at radius 3 is 1.51 bits per heavy atom. The van der Waals surface area contributed by atoms with Crippen molar-refractivity contribution in [3.63, 3.8) is 0 Å². The SMILES string of the molecule is CC(C)C[C@H](NC(=O)[C@H](CCCNC(=N)N)NC(=O)[C@H](Cc1c[nH]c2cc(Cl)ccc12)NC(=O)[C@@H]1CCCN1)C(=O)N[C@@H](CCCNC(=N)N)C(=O)N[C@@H](CCCCN)C(=O)N[C@@H](CC1CCC1)C(=O)N1C[C@H](O)C[C@H]1C(=O)N[C@@H](CC(=O)O)C(=O)N[C@@H](CO)C(=O)N[C@@H](Cc1ccccc1)C(=O)N[C@@H](Cc1cccc2ccccc12)C(=O)N[C@@H](CCCCN)C(=O)N[C@@H](CCC(=O)O)C(=O)N1CCC[C@H]1C(=O)O. The number of fused-ring (bicyclic) bond motifs is 2. The summed E-state index contributed by atoms with van der Waals surface area (Å²) >= 11 is 6.31. The number of β-amino-alcohol motifs (C(OH)–C–C–N with tert-alkyl or cyclic N) is 1. The minimum Gasteiger partial charge on any atom is -0.481 e. The van der Waals surface area contributed by atoms with Crippen LogP contribution in [0.5, 0.6) is 0 Å². The molecule has 14 amide bonds. The summed E-state index contributed by atoms with van der Waals surface area (Å²) in [5.74, 6) is -19.0. The summed E-state index contributed by atoms with van der Waals surface area (Å²) in [7, 11) is 0. The number of unbranched alkanes of at least 4 members (excludes halogenated alkanes) is 2. The van der Waals surface area contributed by atoms with Crippen LogP contribution in [-0.4, -0.2) is 302 Å². The van der Waals surface area contributed by atoms with E-state index in [-0.39, 0.29) is 140 Å². The number of aromatic amines is 1. The summed E-state index contributed by atoms with van der Waals surface area (Å²) in [4.78, 5) is 249. The van der Waals surface area contributed by atoms with Crippen LogP contribution in [0.1, 0.15) is 178 Å². The van der Waals surface area contributed by atoms with Gasteiger partial charge in [0.15, 0.2) is 11.9 Å². The first-order valence-corrected chi connectivity index (χ1v) is 49.5. The molecule has 0 unspecified atom stereocenters. The number of carbonyl (C=O) groups is 17. The molecule has 4 aromatic carbocycles. The van der Waals surface area contributed by atoms with E-state index >= 15 is 24.0 Å². The van der Waals surface area contributed by atoms with E-state index in [2.05, 4.69) is 84.7 Å². The van der Waals surface area contributed by atoms with Gasteiger partial charge in [-0.2, -0.15) is 0 Å². The molecule has 9 rings (SSSR count). The Morgan fingerprint density at radius 1 is 0.472 bits per heavy atom. The van der Waals surface area contributed by atoms with Crippen molar-refractivity contribution in [3.8, 4) is 0 Å². The van der Waals surface area contributed by atoms with Gasteiger partial charge in [-0.25, -0.2) is 4.79 Å². The van der Waals surface area contributed by atoms with Gasteiger partial charge in [0.05, 0.1) is 25.2 Å². The fourth-order valence-corrected chi connectivity index (χ4v) is 18.3. The van der Waals surface area contributed by atoms with E-state index in [0.29, 0.717) is 89.5 Å². The zero-order valence-electron chi connectivity index (χ0n) is 80.9. The highest BCUT2D eigenvalue weighted by atomic mass is 35.5. The normalized spacial score (nSPS) is 18.1. The van der Waals surface area contributed by atoms with E-state index in [0.717, 1.165) is 21.6 Å². The van der Waals surface area contributed by atoms with Crippen LogP contribution in [-0.2, 0) is 101 Å². The van der Waals surface area contributed by atoms with Crippen molar-refractivity contribution >= 4 is 146 Å². The van der Waals surface area contributed by atoms with Crippen molar-refractivity contribution in [2.24, 2.45) is 34.8 Å². The predicted octanol–water partition coefficient (Wildman–Crippen LogP) is -2.04. The summed E-state index contributed by atoms with van der Waals surface area (Å²) < 4.78 is 0. The van der Waals surface area contributed by atoms with Gasteiger partial charge in [-0.3, -0.25) is 87.5 Å². The lowest BCUT2D eigenvalue weighted by atomic mass is 9.80. The van der Waals surface area contributed by atoms with Gasteiger partial charge in [0, 0.05) is 80.4 Å². The molecule has 4 aliphatic rings. The molecule has 4 heterocycles. The lowest BCUT2D eigenvalue weighted by Gasteiger charge is -2.34. The maximum Gasteiger partial charge on any atom is 0.326 e. The quantitative estimate of drug-likeness (QED) is 0.0113. The topological polar surface area (TPSA) is 746 Å². The first-order valence-electron chi connectivity index (χ1n) is 49.1. The third-order valence-electron chi connectivity index (χ3n) is 25.9. The van der Waals surface area contributed by atoms with Gasteiger partial charge < -0.3 is 143 Å². The molecule has 3 saturated heterocycles. The van der Waals surface area contributed by atoms with Crippen molar-refractivity contribution in [1.29, 1.82) is 10.8 Å². The van der Waals surface area contributed by atoms with Crippen molar-refractivity contribution in [2.75, 3.05) is 52.4 Å². The average molecular weight is 2030 g/mol. The standard InChI is InChI=1S/C97H139ClN24O22/c1-53(2)42-70(114-84(132)67(30-16-40-107-97(103)104)112-89(137)73(116-81(129)63-28-14-38-105-63)46-58-50-108-69-47-59(98)32-33-62(58)69)86(134)111-66(29-15-39-106-96(101)102)82(130)109-65(27-9-11-37-100)85(133)119-75(44-55-20-12-21-55)94(142)122-51-60(124)48-78(122)92(140)118-74(49-80(127)128)90(138)120-76(52-123)91(139)115-71(43-54-18-4-3-5-19-54)87(135)117-72(45-57-24-13-23-56-22-6-7-25-61(56)57)88(136)110-64(26-8-10-36-99)83(131)113-68(34-35-79(125)126)93(141)121-41-17-31-77(121)95(143)144/h3-7,13,18-19,22-25,32-33,47,50,53,55,60,63-68,70-78,105,108,123-124H,8-12,14-17,20-21,26-31,34-46,48-49,51-52,99-100H2,1-2H3,(H,109,130)(H,110,136)(H,111,134)(H,112,137)(H,113,131)(H,114,132)(H,115,139)(H,116,129)(H,117,135)(H,118,140)(H,119,133)(H,120,138)(H,125,126)(H,127,128)(H,143,144)(H4,101,102,106)(H4,103,104,107)/t60-,63+,64+,65+,66+,67+,68+,70+,71+,72+,73+,74+,75+,76+,77+,78+/m1/s1. The third-order valence-corrected chi connectivity index (χ3v) is 26.2. The van der Waals surface area contributed by atoms with Gasteiger partial charge in [-0.1, -0.05) is 124 Å². The molecule has 16 atom stereocenters. The summed E-state index contributed by atoms with van der Waals surface area (Å²) in [6.45, 7) is 2.71. The number of aliphatic hydroxyl groups is 2. The molecule has 46 nitrogen and oxygen atoms in total. The lowest BCUT2D eigenvalue weighted by molar-refractivity contribution is -0.150. The Labute approximate surface area is 837 Å². The number of aliphatic carboxylic acids is 3. The maximum absolute atomic E-state index is 15.4. The van der Waals surface area contributed by atoms with Crippen LogP contribution in [0.15, 0.2) is 97.2 Å². The lowest BCUT2D eigenvalue weighted by Crippen LogP contribution is -2.61. The van der Waals surface area contributed by atoms with E-state index in [4.69, 9.17) is 45.4 Å². The summed E-state index contributed by atoms with van der Waals surface area (Å²) in [5, 5.41) is 111. The van der Waals surface area contributed by atoms with Crippen LogP contribution in [0.2, 0.25) is 5.02 Å². The molecule has 0 spiro atoms. The molecule has 144 heavy (non-hydrogen) atoms. The Bertz CT molecular complexity index is 5310. The van der Waals surface area contributed by atoms with Crippen LogP contribution in [0.4, 0.5) is 0 Å². The fourth-order valence-electron chi connectivity index (χ4n) is 18.1. The third kappa shape index (κ3) is 35.1. The number of aliphatic hydroxyl groups excluding tert-OH is 2.